The number of fused-ring (bicyclic) bond motifs is 3. The Morgan fingerprint density at radius 3 is 2.40 bits per heavy atom. The van der Waals surface area contributed by atoms with E-state index in [1.165, 1.54) is 0 Å². The van der Waals surface area contributed by atoms with Gasteiger partial charge in [0.25, 0.3) is 0 Å². The minimum Gasteiger partial charge on any atom is -0.264 e. The maximum atomic E-state index is 4.33. The zero-order valence-corrected chi connectivity index (χ0v) is 10.7. The number of nitrogens with zero attached hydrogens (tertiary/aromatic N) is 3. The van der Waals surface area contributed by atoms with E-state index < -0.39 is 0 Å². The number of hydrogen-bond donors (Lipinski definition) is 0. The van der Waals surface area contributed by atoms with Crippen molar-refractivity contribution in [3.8, 4) is 11.1 Å². The van der Waals surface area contributed by atoms with Crippen molar-refractivity contribution in [1.82, 2.24) is 15.2 Å². The molecule has 0 aliphatic heterocycles. The van der Waals surface area contributed by atoms with E-state index in [9.17, 15) is 0 Å². The highest BCUT2D eigenvalue weighted by Crippen LogP contribution is 2.26. The van der Waals surface area contributed by atoms with Crippen LogP contribution in [0.25, 0.3) is 32.9 Å². The minimum atomic E-state index is 0.907. The third-order valence-corrected chi connectivity index (χ3v) is 3.45. The molecular weight excluding hydrogens is 246 g/mol. The first-order valence-corrected chi connectivity index (χ1v) is 6.47. The second kappa shape index (κ2) is 4.38. The fourth-order valence-corrected chi connectivity index (χ4v) is 2.45. The van der Waals surface area contributed by atoms with Crippen molar-refractivity contribution in [3.63, 3.8) is 0 Å². The van der Waals surface area contributed by atoms with Crippen LogP contribution in [-0.4, -0.2) is 15.2 Å². The number of rotatable bonds is 1. The molecule has 0 aliphatic rings. The molecule has 0 atom stereocenters. The van der Waals surface area contributed by atoms with Crippen LogP contribution in [0.1, 0.15) is 0 Å². The largest absolute Gasteiger partial charge is 0.264 e. The number of benzene rings is 2. The Morgan fingerprint density at radius 2 is 1.50 bits per heavy atom. The van der Waals surface area contributed by atoms with Crippen molar-refractivity contribution in [2.24, 2.45) is 0 Å². The lowest BCUT2D eigenvalue weighted by atomic mass is 10.0. The van der Waals surface area contributed by atoms with Crippen molar-refractivity contribution in [1.29, 1.82) is 0 Å². The quantitative estimate of drug-likeness (QED) is 0.486. The molecule has 3 nitrogen and oxygen atoms in total. The molecule has 0 N–H and O–H groups in total. The summed E-state index contributed by atoms with van der Waals surface area (Å²) in [4.78, 5) is 4.16. The number of pyridine rings is 1. The Labute approximate surface area is 115 Å². The van der Waals surface area contributed by atoms with Crippen molar-refractivity contribution < 1.29 is 0 Å². The van der Waals surface area contributed by atoms with E-state index in [0.29, 0.717) is 0 Å². The molecule has 0 spiro atoms. The smallest absolute Gasteiger partial charge is 0.0942 e. The van der Waals surface area contributed by atoms with Gasteiger partial charge in [-0.3, -0.25) is 4.98 Å². The molecule has 0 saturated carbocycles. The third kappa shape index (κ3) is 1.72. The molecule has 2 aromatic carbocycles. The van der Waals surface area contributed by atoms with Gasteiger partial charge in [-0.15, -0.1) is 10.2 Å². The van der Waals surface area contributed by atoms with Crippen LogP contribution in [-0.2, 0) is 0 Å². The van der Waals surface area contributed by atoms with E-state index in [1.807, 2.05) is 36.5 Å². The summed E-state index contributed by atoms with van der Waals surface area (Å²) in [6.45, 7) is 0. The summed E-state index contributed by atoms with van der Waals surface area (Å²) in [5, 5.41) is 10.9. The standard InChI is InChI=1S/C17H11N3/c1-2-6-16-14(5-1)15-8-7-12(10-17(15)20-19-16)13-4-3-9-18-11-13/h1-11H. The molecule has 0 bridgehead atoms. The van der Waals surface area contributed by atoms with Crippen LogP contribution in [0.5, 0.6) is 0 Å². The lowest BCUT2D eigenvalue weighted by molar-refractivity contribution is 1.12. The van der Waals surface area contributed by atoms with Gasteiger partial charge >= 0.3 is 0 Å². The predicted molar refractivity (Wildman–Crippen MR) is 80.3 cm³/mol. The Hall–Kier alpha value is -2.81. The maximum Gasteiger partial charge on any atom is 0.0942 e. The first-order valence-electron chi connectivity index (χ1n) is 6.47. The molecule has 4 aromatic rings. The third-order valence-electron chi connectivity index (χ3n) is 3.45. The van der Waals surface area contributed by atoms with Gasteiger partial charge in [-0.1, -0.05) is 36.4 Å². The van der Waals surface area contributed by atoms with Gasteiger partial charge in [0.05, 0.1) is 11.0 Å². The van der Waals surface area contributed by atoms with Gasteiger partial charge in [0, 0.05) is 28.7 Å². The highest BCUT2D eigenvalue weighted by atomic mass is 15.1. The highest BCUT2D eigenvalue weighted by molar-refractivity contribution is 6.04. The van der Waals surface area contributed by atoms with Crippen LogP contribution < -0.4 is 0 Å². The molecule has 0 fully saturated rings. The van der Waals surface area contributed by atoms with E-state index in [0.717, 1.165) is 32.9 Å². The van der Waals surface area contributed by atoms with E-state index in [1.54, 1.807) is 6.20 Å². The van der Waals surface area contributed by atoms with Crippen LogP contribution in [0.2, 0.25) is 0 Å². The SMILES string of the molecule is c1cncc(-c2ccc3c(c2)nnc2ccccc23)c1. The maximum absolute atomic E-state index is 4.33. The summed E-state index contributed by atoms with van der Waals surface area (Å²) in [5.41, 5.74) is 4.03. The molecule has 94 valence electrons. The number of aromatic nitrogens is 3. The van der Waals surface area contributed by atoms with Crippen LogP contribution in [0, 0.1) is 0 Å². The normalized spacial score (nSPS) is 11.0. The second-order valence-corrected chi connectivity index (χ2v) is 4.69. The molecule has 0 amide bonds. The summed E-state index contributed by atoms with van der Waals surface area (Å²) in [7, 11) is 0. The molecule has 0 radical (unpaired) electrons. The van der Waals surface area contributed by atoms with E-state index in [2.05, 4.69) is 39.4 Å². The summed E-state index contributed by atoms with van der Waals surface area (Å²) in [6, 6.07) is 18.3. The van der Waals surface area contributed by atoms with Crippen molar-refractivity contribution >= 4 is 21.8 Å². The van der Waals surface area contributed by atoms with Gasteiger partial charge in [-0.05, 0) is 23.8 Å². The molecule has 3 heteroatoms. The van der Waals surface area contributed by atoms with E-state index in [-0.39, 0.29) is 0 Å². The summed E-state index contributed by atoms with van der Waals surface area (Å²) >= 11 is 0. The average Bonchev–Trinajstić information content (AvgIpc) is 2.55. The first kappa shape index (κ1) is 11.1. The Balaban J connectivity index is 1.99. The molecule has 2 aromatic heterocycles. The van der Waals surface area contributed by atoms with Gasteiger partial charge < -0.3 is 0 Å². The zero-order chi connectivity index (χ0) is 13.4. The Kier molecular flexibility index (Phi) is 2.42. The first-order chi connectivity index (χ1) is 9.92. The lowest BCUT2D eigenvalue weighted by Crippen LogP contribution is -1.88. The van der Waals surface area contributed by atoms with Gasteiger partial charge in [0.15, 0.2) is 0 Å². The van der Waals surface area contributed by atoms with Crippen molar-refractivity contribution in [3.05, 3.63) is 67.0 Å². The van der Waals surface area contributed by atoms with E-state index >= 15 is 0 Å². The molecule has 0 unspecified atom stereocenters. The zero-order valence-electron chi connectivity index (χ0n) is 10.7. The summed E-state index contributed by atoms with van der Waals surface area (Å²) in [5.74, 6) is 0. The van der Waals surface area contributed by atoms with Gasteiger partial charge in [-0.25, -0.2) is 0 Å². The van der Waals surface area contributed by atoms with Gasteiger partial charge in [0.1, 0.15) is 0 Å². The van der Waals surface area contributed by atoms with Crippen LogP contribution >= 0.6 is 0 Å². The van der Waals surface area contributed by atoms with E-state index in [4.69, 9.17) is 0 Å². The molecule has 0 saturated heterocycles. The highest BCUT2D eigenvalue weighted by Gasteiger charge is 2.05. The molecular formula is C17H11N3. The Morgan fingerprint density at radius 1 is 0.650 bits per heavy atom. The summed E-state index contributed by atoms with van der Waals surface area (Å²) < 4.78 is 0. The molecule has 2 heterocycles. The summed E-state index contributed by atoms with van der Waals surface area (Å²) in [6.07, 6.45) is 3.63. The van der Waals surface area contributed by atoms with Crippen LogP contribution in [0.4, 0.5) is 0 Å². The fraction of sp³-hybridized carbons (Fsp3) is 0. The Bertz CT molecular complexity index is 901. The van der Waals surface area contributed by atoms with Gasteiger partial charge in [0.2, 0.25) is 0 Å². The minimum absolute atomic E-state index is 0.907. The van der Waals surface area contributed by atoms with Crippen LogP contribution in [0.15, 0.2) is 67.0 Å². The monoisotopic (exact) mass is 257 g/mol. The second-order valence-electron chi connectivity index (χ2n) is 4.69. The van der Waals surface area contributed by atoms with Crippen molar-refractivity contribution in [2.75, 3.05) is 0 Å². The molecule has 0 aliphatic carbocycles. The molecule has 4 rings (SSSR count). The average molecular weight is 257 g/mol. The predicted octanol–water partition coefficient (Wildman–Crippen LogP) is 3.85. The van der Waals surface area contributed by atoms with Crippen molar-refractivity contribution in [2.45, 2.75) is 0 Å². The number of hydrogen-bond acceptors (Lipinski definition) is 3. The van der Waals surface area contributed by atoms with Gasteiger partial charge in [-0.2, -0.15) is 0 Å². The molecule has 20 heavy (non-hydrogen) atoms. The lowest BCUT2D eigenvalue weighted by Gasteiger charge is -2.05. The van der Waals surface area contributed by atoms with Crippen LogP contribution in [0.3, 0.4) is 0 Å². The topological polar surface area (TPSA) is 38.7 Å². The fourth-order valence-electron chi connectivity index (χ4n) is 2.45.